The third-order valence-electron chi connectivity index (χ3n) is 4.63. The first-order valence-electron chi connectivity index (χ1n) is 8.76. The van der Waals surface area contributed by atoms with E-state index >= 15 is 0 Å². The Balaban J connectivity index is 1.75. The maximum absolute atomic E-state index is 12.1. The average molecular weight is 323 g/mol. The summed E-state index contributed by atoms with van der Waals surface area (Å²) >= 11 is 0. The number of nitrogens with zero attached hydrogens (tertiary/aromatic N) is 3. The summed E-state index contributed by atoms with van der Waals surface area (Å²) in [5, 5.41) is 23.1. The van der Waals surface area contributed by atoms with Gasteiger partial charge in [0.25, 0.3) is 0 Å². The van der Waals surface area contributed by atoms with Gasteiger partial charge < -0.3 is 20.3 Å². The Morgan fingerprint density at radius 1 is 1.43 bits per heavy atom. The molecule has 1 unspecified atom stereocenters. The summed E-state index contributed by atoms with van der Waals surface area (Å²) in [5.74, 6) is 1.42. The van der Waals surface area contributed by atoms with Gasteiger partial charge in [-0.2, -0.15) is 0 Å². The van der Waals surface area contributed by atoms with Gasteiger partial charge in [0.2, 0.25) is 0 Å². The maximum Gasteiger partial charge on any atom is 0.315 e. The van der Waals surface area contributed by atoms with Crippen LogP contribution >= 0.6 is 0 Å². The number of nitrogens with one attached hydrogen (secondary N) is 2. The molecule has 1 aromatic heterocycles. The van der Waals surface area contributed by atoms with Crippen LogP contribution in [0.2, 0.25) is 0 Å². The number of hydrogen-bond donors (Lipinski definition) is 3. The minimum atomic E-state index is -0.153. The van der Waals surface area contributed by atoms with E-state index in [0.29, 0.717) is 25.4 Å². The molecule has 0 bridgehead atoms. The number of aliphatic hydroxyl groups is 1. The Hall–Kier alpha value is -1.63. The molecule has 2 rings (SSSR count). The predicted molar refractivity (Wildman–Crippen MR) is 88.0 cm³/mol. The highest BCUT2D eigenvalue weighted by Crippen LogP contribution is 2.27. The van der Waals surface area contributed by atoms with Gasteiger partial charge in [-0.1, -0.05) is 26.2 Å². The zero-order valence-corrected chi connectivity index (χ0v) is 14.0. The lowest BCUT2D eigenvalue weighted by Crippen LogP contribution is -2.47. The van der Waals surface area contributed by atoms with E-state index in [2.05, 4.69) is 20.8 Å². The first-order chi connectivity index (χ1) is 11.2. The lowest BCUT2D eigenvalue weighted by atomic mass is 9.83. The van der Waals surface area contributed by atoms with Crippen molar-refractivity contribution in [3.63, 3.8) is 0 Å². The van der Waals surface area contributed by atoms with Crippen LogP contribution in [-0.2, 0) is 13.0 Å². The molecule has 0 aliphatic heterocycles. The second-order valence-electron chi connectivity index (χ2n) is 6.21. The molecule has 7 nitrogen and oxygen atoms in total. The number of urea groups is 1. The zero-order chi connectivity index (χ0) is 16.5. The highest BCUT2D eigenvalue weighted by molar-refractivity contribution is 5.74. The van der Waals surface area contributed by atoms with Crippen LogP contribution in [0, 0.1) is 5.92 Å². The number of rotatable bonds is 8. The van der Waals surface area contributed by atoms with Crippen LogP contribution < -0.4 is 10.6 Å². The van der Waals surface area contributed by atoms with E-state index in [-0.39, 0.29) is 18.7 Å². The van der Waals surface area contributed by atoms with Gasteiger partial charge >= 0.3 is 6.03 Å². The van der Waals surface area contributed by atoms with Crippen LogP contribution in [-0.4, -0.2) is 45.1 Å². The molecule has 1 aromatic rings. The molecule has 1 fully saturated rings. The molecular formula is C16H29N5O2. The van der Waals surface area contributed by atoms with Gasteiger partial charge in [-0.05, 0) is 25.2 Å². The Labute approximate surface area is 137 Å². The van der Waals surface area contributed by atoms with Gasteiger partial charge in [-0.15, -0.1) is 10.2 Å². The predicted octanol–water partition coefficient (Wildman–Crippen LogP) is 1.47. The summed E-state index contributed by atoms with van der Waals surface area (Å²) in [6.07, 6.45) is 9.17. The van der Waals surface area contributed by atoms with E-state index in [4.69, 9.17) is 0 Å². The first kappa shape index (κ1) is 17.7. The average Bonchev–Trinajstić information content (AvgIpc) is 3.03. The minimum absolute atomic E-state index is 0.0708. The molecule has 1 aliphatic carbocycles. The van der Waals surface area contributed by atoms with Gasteiger partial charge in [0.15, 0.2) is 0 Å². The zero-order valence-electron chi connectivity index (χ0n) is 14.0. The monoisotopic (exact) mass is 323 g/mol. The molecule has 1 heterocycles. The molecule has 0 spiro atoms. The standard InChI is InChI=1S/C16H29N5O2/c1-2-15-20-18-12-21(15)10-9-17-16(23)19-14(8-11-22)13-6-4-3-5-7-13/h12-14,22H,2-11H2,1H3,(H2,17,19,23). The number of aryl methyl sites for hydroxylation is 1. The van der Waals surface area contributed by atoms with E-state index in [1.165, 1.54) is 19.3 Å². The van der Waals surface area contributed by atoms with Crippen molar-refractivity contribution in [3.8, 4) is 0 Å². The van der Waals surface area contributed by atoms with Crippen LogP contribution in [0.3, 0.4) is 0 Å². The van der Waals surface area contributed by atoms with Crippen molar-refractivity contribution in [1.29, 1.82) is 0 Å². The van der Waals surface area contributed by atoms with Crippen molar-refractivity contribution in [2.24, 2.45) is 5.92 Å². The number of carbonyl (C=O) groups excluding carboxylic acids is 1. The van der Waals surface area contributed by atoms with E-state index in [1.54, 1.807) is 6.33 Å². The minimum Gasteiger partial charge on any atom is -0.396 e. The second kappa shape index (κ2) is 9.50. The summed E-state index contributed by atoms with van der Waals surface area (Å²) in [6, 6.07) is -0.0819. The third kappa shape index (κ3) is 5.49. The maximum atomic E-state index is 12.1. The van der Waals surface area contributed by atoms with Crippen molar-refractivity contribution < 1.29 is 9.90 Å². The fourth-order valence-electron chi connectivity index (χ4n) is 3.35. The largest absolute Gasteiger partial charge is 0.396 e. The molecule has 23 heavy (non-hydrogen) atoms. The summed E-state index contributed by atoms with van der Waals surface area (Å²) in [7, 11) is 0. The number of hydrogen-bond acceptors (Lipinski definition) is 4. The van der Waals surface area contributed by atoms with Crippen molar-refractivity contribution >= 4 is 6.03 Å². The smallest absolute Gasteiger partial charge is 0.315 e. The lowest BCUT2D eigenvalue weighted by molar-refractivity contribution is 0.196. The third-order valence-corrected chi connectivity index (χ3v) is 4.63. The van der Waals surface area contributed by atoms with Gasteiger partial charge in [0, 0.05) is 32.2 Å². The second-order valence-corrected chi connectivity index (χ2v) is 6.21. The molecule has 1 aliphatic rings. The van der Waals surface area contributed by atoms with Crippen LogP contribution in [0.15, 0.2) is 6.33 Å². The molecule has 2 amide bonds. The Kier molecular flexibility index (Phi) is 7.32. The summed E-state index contributed by atoms with van der Waals surface area (Å²) in [5.41, 5.74) is 0. The van der Waals surface area contributed by atoms with Gasteiger partial charge in [-0.25, -0.2) is 4.79 Å². The lowest BCUT2D eigenvalue weighted by Gasteiger charge is -2.30. The van der Waals surface area contributed by atoms with Crippen molar-refractivity contribution in [2.75, 3.05) is 13.2 Å². The number of amides is 2. The SMILES string of the molecule is CCc1nncn1CCNC(=O)NC(CCO)C1CCCCC1. The van der Waals surface area contributed by atoms with E-state index in [1.807, 2.05) is 11.5 Å². The van der Waals surface area contributed by atoms with Gasteiger partial charge in [0.1, 0.15) is 12.2 Å². The summed E-state index contributed by atoms with van der Waals surface area (Å²) in [6.45, 7) is 3.34. The summed E-state index contributed by atoms with van der Waals surface area (Å²) in [4.78, 5) is 12.1. The number of aromatic nitrogens is 3. The number of aliphatic hydroxyl groups excluding tert-OH is 1. The first-order valence-corrected chi connectivity index (χ1v) is 8.76. The molecule has 3 N–H and O–H groups in total. The Morgan fingerprint density at radius 2 is 2.22 bits per heavy atom. The quantitative estimate of drug-likeness (QED) is 0.675. The van der Waals surface area contributed by atoms with Crippen LogP contribution in [0.4, 0.5) is 4.79 Å². The normalized spacial score (nSPS) is 17.0. The highest BCUT2D eigenvalue weighted by atomic mass is 16.3. The molecular weight excluding hydrogens is 294 g/mol. The molecule has 0 aromatic carbocycles. The molecule has 130 valence electrons. The van der Waals surface area contributed by atoms with Crippen LogP contribution in [0.1, 0.15) is 51.3 Å². The highest BCUT2D eigenvalue weighted by Gasteiger charge is 2.24. The fraction of sp³-hybridized carbons (Fsp3) is 0.812. The van der Waals surface area contributed by atoms with E-state index in [9.17, 15) is 9.90 Å². The topological polar surface area (TPSA) is 92.1 Å². The van der Waals surface area contributed by atoms with Crippen molar-refractivity contribution in [1.82, 2.24) is 25.4 Å². The molecule has 1 saturated carbocycles. The summed E-state index contributed by atoms with van der Waals surface area (Å²) < 4.78 is 1.95. The Bertz CT molecular complexity index is 471. The van der Waals surface area contributed by atoms with Crippen molar-refractivity contribution in [2.45, 2.75) is 64.5 Å². The van der Waals surface area contributed by atoms with Gasteiger partial charge in [-0.3, -0.25) is 0 Å². The molecule has 1 atom stereocenters. The molecule has 7 heteroatoms. The van der Waals surface area contributed by atoms with Crippen LogP contribution in [0.5, 0.6) is 0 Å². The van der Waals surface area contributed by atoms with E-state index in [0.717, 1.165) is 25.1 Å². The van der Waals surface area contributed by atoms with Crippen molar-refractivity contribution in [3.05, 3.63) is 12.2 Å². The van der Waals surface area contributed by atoms with Crippen LogP contribution in [0.25, 0.3) is 0 Å². The Morgan fingerprint density at radius 3 is 2.91 bits per heavy atom. The molecule has 0 radical (unpaired) electrons. The van der Waals surface area contributed by atoms with Gasteiger partial charge in [0.05, 0.1) is 0 Å². The number of carbonyl (C=O) groups is 1. The van der Waals surface area contributed by atoms with E-state index < -0.39 is 0 Å². The molecule has 0 saturated heterocycles. The fourth-order valence-corrected chi connectivity index (χ4v) is 3.35.